The Kier molecular flexibility index (Phi) is 5.28. The standard InChI is InChI=1S/C16H22F2N2O/c1-11(2)20(10-12-4-3-7-19-9-12)16(21)14-8-13(17)5-6-15(14)18/h5-6,8,11-12,19H,3-4,7,9-10H2,1-2H3. The molecule has 1 aromatic rings. The van der Waals surface area contributed by atoms with Gasteiger partial charge in [0.15, 0.2) is 0 Å². The maximum Gasteiger partial charge on any atom is 0.257 e. The van der Waals surface area contributed by atoms with E-state index in [1.165, 1.54) is 0 Å². The van der Waals surface area contributed by atoms with Gasteiger partial charge in [0.05, 0.1) is 5.56 Å². The van der Waals surface area contributed by atoms with Gasteiger partial charge >= 0.3 is 0 Å². The quantitative estimate of drug-likeness (QED) is 0.926. The molecule has 0 saturated carbocycles. The highest BCUT2D eigenvalue weighted by atomic mass is 19.1. The normalized spacial score (nSPS) is 18.8. The molecule has 0 aliphatic carbocycles. The molecule has 1 aliphatic rings. The van der Waals surface area contributed by atoms with Gasteiger partial charge in [-0.2, -0.15) is 0 Å². The molecule has 1 heterocycles. The van der Waals surface area contributed by atoms with E-state index >= 15 is 0 Å². The summed E-state index contributed by atoms with van der Waals surface area (Å²) in [6.45, 7) is 6.23. The highest BCUT2D eigenvalue weighted by Gasteiger charge is 2.25. The van der Waals surface area contributed by atoms with E-state index in [2.05, 4.69) is 5.32 Å². The van der Waals surface area contributed by atoms with Crippen molar-refractivity contribution in [3.63, 3.8) is 0 Å². The lowest BCUT2D eigenvalue weighted by molar-refractivity contribution is 0.0655. The van der Waals surface area contributed by atoms with Crippen molar-refractivity contribution in [1.82, 2.24) is 10.2 Å². The van der Waals surface area contributed by atoms with Crippen LogP contribution in [0, 0.1) is 17.6 Å². The van der Waals surface area contributed by atoms with Gasteiger partial charge in [0, 0.05) is 12.6 Å². The molecule has 3 nitrogen and oxygen atoms in total. The Morgan fingerprint density at radius 1 is 1.43 bits per heavy atom. The average Bonchev–Trinajstić information content (AvgIpc) is 2.47. The number of amides is 1. The fraction of sp³-hybridized carbons (Fsp3) is 0.562. The van der Waals surface area contributed by atoms with Crippen LogP contribution in [0.15, 0.2) is 18.2 Å². The second kappa shape index (κ2) is 6.98. The van der Waals surface area contributed by atoms with E-state index < -0.39 is 17.5 Å². The molecule has 5 heteroatoms. The molecule has 1 aliphatic heterocycles. The first-order valence-electron chi connectivity index (χ1n) is 7.45. The Balaban J connectivity index is 2.16. The van der Waals surface area contributed by atoms with Crippen molar-refractivity contribution in [3.05, 3.63) is 35.4 Å². The van der Waals surface area contributed by atoms with Crippen molar-refractivity contribution in [2.45, 2.75) is 32.7 Å². The van der Waals surface area contributed by atoms with Gasteiger partial charge in [-0.15, -0.1) is 0 Å². The Hall–Kier alpha value is -1.49. The maximum absolute atomic E-state index is 13.8. The molecule has 0 radical (unpaired) electrons. The lowest BCUT2D eigenvalue weighted by atomic mass is 9.98. The Bertz CT molecular complexity index is 499. The zero-order valence-electron chi connectivity index (χ0n) is 12.5. The summed E-state index contributed by atoms with van der Waals surface area (Å²) in [5.41, 5.74) is -0.188. The predicted octanol–water partition coefficient (Wildman–Crippen LogP) is 2.82. The third-order valence-electron chi connectivity index (χ3n) is 3.90. The summed E-state index contributed by atoms with van der Waals surface area (Å²) in [5.74, 6) is -1.34. The third kappa shape index (κ3) is 4.00. The van der Waals surface area contributed by atoms with Gasteiger partial charge < -0.3 is 10.2 Å². The minimum absolute atomic E-state index is 0.0536. The van der Waals surface area contributed by atoms with Crippen molar-refractivity contribution in [3.8, 4) is 0 Å². The maximum atomic E-state index is 13.8. The Morgan fingerprint density at radius 2 is 2.19 bits per heavy atom. The summed E-state index contributed by atoms with van der Waals surface area (Å²) in [5, 5.41) is 3.31. The molecule has 1 amide bonds. The van der Waals surface area contributed by atoms with Crippen LogP contribution in [-0.2, 0) is 0 Å². The van der Waals surface area contributed by atoms with Crippen LogP contribution in [0.2, 0.25) is 0 Å². The summed E-state index contributed by atoms with van der Waals surface area (Å²) >= 11 is 0. The van der Waals surface area contributed by atoms with E-state index in [4.69, 9.17) is 0 Å². The molecular weight excluding hydrogens is 274 g/mol. The number of nitrogens with one attached hydrogen (secondary N) is 1. The number of hydrogen-bond acceptors (Lipinski definition) is 2. The zero-order chi connectivity index (χ0) is 15.4. The van der Waals surface area contributed by atoms with Crippen molar-refractivity contribution in [2.24, 2.45) is 5.92 Å². The first-order chi connectivity index (χ1) is 9.99. The van der Waals surface area contributed by atoms with Crippen LogP contribution in [0.3, 0.4) is 0 Å². The van der Waals surface area contributed by atoms with Crippen LogP contribution >= 0.6 is 0 Å². The van der Waals surface area contributed by atoms with Crippen LogP contribution < -0.4 is 5.32 Å². The molecule has 0 spiro atoms. The highest BCUT2D eigenvalue weighted by Crippen LogP contribution is 2.18. The van der Waals surface area contributed by atoms with Crippen LogP contribution in [0.4, 0.5) is 8.78 Å². The molecule has 1 atom stereocenters. The Labute approximate surface area is 124 Å². The van der Waals surface area contributed by atoms with E-state index in [9.17, 15) is 13.6 Å². The van der Waals surface area contributed by atoms with Gasteiger partial charge in [-0.05, 0) is 63.9 Å². The molecule has 2 rings (SSSR count). The smallest absolute Gasteiger partial charge is 0.257 e. The van der Waals surface area contributed by atoms with Crippen LogP contribution in [-0.4, -0.2) is 36.5 Å². The summed E-state index contributed by atoms with van der Waals surface area (Å²) in [6.07, 6.45) is 2.13. The number of carbonyl (C=O) groups is 1. The van der Waals surface area contributed by atoms with E-state index in [1.807, 2.05) is 13.8 Å². The molecular formula is C16H22F2N2O. The zero-order valence-corrected chi connectivity index (χ0v) is 12.5. The number of nitrogens with zero attached hydrogens (tertiary/aromatic N) is 1. The summed E-state index contributed by atoms with van der Waals surface area (Å²) < 4.78 is 27.1. The van der Waals surface area contributed by atoms with Crippen molar-refractivity contribution in [2.75, 3.05) is 19.6 Å². The molecule has 1 fully saturated rings. The minimum atomic E-state index is -0.672. The monoisotopic (exact) mass is 296 g/mol. The van der Waals surface area contributed by atoms with E-state index in [0.29, 0.717) is 12.5 Å². The highest BCUT2D eigenvalue weighted by molar-refractivity contribution is 5.94. The number of piperidine rings is 1. The SMILES string of the molecule is CC(C)N(CC1CCCNC1)C(=O)c1cc(F)ccc1F. The summed E-state index contributed by atoms with van der Waals surface area (Å²) in [4.78, 5) is 14.2. The number of hydrogen-bond donors (Lipinski definition) is 1. The number of carbonyl (C=O) groups excluding carboxylic acids is 1. The molecule has 1 aromatic carbocycles. The molecule has 1 unspecified atom stereocenters. The molecule has 1 N–H and O–H groups in total. The van der Waals surface area contributed by atoms with Gasteiger partial charge in [-0.25, -0.2) is 8.78 Å². The van der Waals surface area contributed by atoms with Crippen LogP contribution in [0.25, 0.3) is 0 Å². The molecule has 1 saturated heterocycles. The average molecular weight is 296 g/mol. The fourth-order valence-electron chi connectivity index (χ4n) is 2.70. The second-order valence-electron chi connectivity index (χ2n) is 5.89. The van der Waals surface area contributed by atoms with Crippen molar-refractivity contribution < 1.29 is 13.6 Å². The lowest BCUT2D eigenvalue weighted by Gasteiger charge is -2.33. The molecule has 0 bridgehead atoms. The van der Waals surface area contributed by atoms with Crippen LogP contribution in [0.1, 0.15) is 37.0 Å². The Morgan fingerprint density at radius 3 is 2.81 bits per heavy atom. The van der Waals surface area contributed by atoms with Gasteiger partial charge in [0.1, 0.15) is 11.6 Å². The van der Waals surface area contributed by atoms with Gasteiger partial charge in [0.25, 0.3) is 5.91 Å². The minimum Gasteiger partial charge on any atom is -0.336 e. The first kappa shape index (κ1) is 15.9. The number of rotatable bonds is 4. The van der Waals surface area contributed by atoms with E-state index in [0.717, 1.165) is 44.1 Å². The number of benzene rings is 1. The van der Waals surface area contributed by atoms with Crippen LogP contribution in [0.5, 0.6) is 0 Å². The van der Waals surface area contributed by atoms with Gasteiger partial charge in [0.2, 0.25) is 0 Å². The molecule has 116 valence electrons. The van der Waals surface area contributed by atoms with Crippen molar-refractivity contribution >= 4 is 5.91 Å². The topological polar surface area (TPSA) is 32.3 Å². The largest absolute Gasteiger partial charge is 0.336 e. The molecule has 21 heavy (non-hydrogen) atoms. The summed E-state index contributed by atoms with van der Waals surface area (Å²) in [7, 11) is 0. The summed E-state index contributed by atoms with van der Waals surface area (Å²) in [6, 6.07) is 2.95. The predicted molar refractivity (Wildman–Crippen MR) is 78.1 cm³/mol. The van der Waals surface area contributed by atoms with Crippen molar-refractivity contribution in [1.29, 1.82) is 0 Å². The second-order valence-corrected chi connectivity index (χ2v) is 5.89. The number of halogens is 2. The van der Waals surface area contributed by atoms with E-state index in [1.54, 1.807) is 4.90 Å². The van der Waals surface area contributed by atoms with Gasteiger partial charge in [-0.3, -0.25) is 4.79 Å². The fourth-order valence-corrected chi connectivity index (χ4v) is 2.70. The lowest BCUT2D eigenvalue weighted by Crippen LogP contribution is -2.44. The first-order valence-corrected chi connectivity index (χ1v) is 7.45. The third-order valence-corrected chi connectivity index (χ3v) is 3.90. The van der Waals surface area contributed by atoms with Gasteiger partial charge in [-0.1, -0.05) is 0 Å². The molecule has 0 aromatic heterocycles. The van der Waals surface area contributed by atoms with E-state index in [-0.39, 0.29) is 11.6 Å².